The Morgan fingerprint density at radius 3 is 2.53 bits per heavy atom. The molecule has 0 radical (unpaired) electrons. The molecule has 0 spiro atoms. The van der Waals surface area contributed by atoms with Crippen LogP contribution in [0, 0.1) is 0 Å². The van der Waals surface area contributed by atoms with Crippen molar-refractivity contribution in [3.8, 4) is 5.75 Å². The summed E-state index contributed by atoms with van der Waals surface area (Å²) in [5.41, 5.74) is 0.454. The monoisotopic (exact) mass is 216 g/mol. The molecule has 0 atom stereocenters. The third-order valence-electron chi connectivity index (χ3n) is 2.15. The smallest absolute Gasteiger partial charge is 0.274 e. The van der Waals surface area contributed by atoms with Gasteiger partial charge < -0.3 is 9.84 Å². The van der Waals surface area contributed by atoms with Crippen LogP contribution in [0.1, 0.15) is 18.1 Å². The number of methoxy groups -OCH3 is 1. The molecule has 0 bridgehead atoms. The van der Waals surface area contributed by atoms with Crippen molar-refractivity contribution < 1.29 is 18.6 Å². The van der Waals surface area contributed by atoms with E-state index in [4.69, 9.17) is 9.84 Å². The maximum absolute atomic E-state index is 13.2. The van der Waals surface area contributed by atoms with Crippen molar-refractivity contribution in [2.24, 2.45) is 0 Å². The normalized spacial score (nSPS) is 11.5. The average Bonchev–Trinajstić information content (AvgIpc) is 2.16. The summed E-state index contributed by atoms with van der Waals surface area (Å²) in [6.45, 7) is 0.739. The summed E-state index contributed by atoms with van der Waals surface area (Å²) < 4.78 is 31.3. The van der Waals surface area contributed by atoms with Gasteiger partial charge in [0.15, 0.2) is 0 Å². The summed E-state index contributed by atoms with van der Waals surface area (Å²) in [6.07, 6.45) is 0.313. The summed E-state index contributed by atoms with van der Waals surface area (Å²) in [4.78, 5) is 0. The Bertz CT molecular complexity index is 332. The highest BCUT2D eigenvalue weighted by atomic mass is 19.3. The van der Waals surface area contributed by atoms with E-state index in [2.05, 4.69) is 0 Å². The van der Waals surface area contributed by atoms with Crippen LogP contribution < -0.4 is 4.74 Å². The molecule has 0 unspecified atom stereocenters. The number of hydrogen-bond acceptors (Lipinski definition) is 2. The van der Waals surface area contributed by atoms with E-state index in [0.717, 1.165) is 6.92 Å². The minimum atomic E-state index is -2.93. The van der Waals surface area contributed by atoms with Crippen LogP contribution in [0.25, 0.3) is 0 Å². The van der Waals surface area contributed by atoms with Crippen LogP contribution in [0.15, 0.2) is 18.2 Å². The molecule has 0 amide bonds. The van der Waals surface area contributed by atoms with Crippen LogP contribution in [0.5, 0.6) is 5.75 Å². The van der Waals surface area contributed by atoms with Crippen LogP contribution in [0.2, 0.25) is 0 Å². The topological polar surface area (TPSA) is 29.5 Å². The Balaban J connectivity index is 3.22. The molecule has 1 aromatic carbocycles. The van der Waals surface area contributed by atoms with Crippen molar-refractivity contribution in [1.29, 1.82) is 0 Å². The minimum Gasteiger partial charge on any atom is -0.496 e. The second kappa shape index (κ2) is 4.57. The lowest BCUT2D eigenvalue weighted by Gasteiger charge is -2.17. The molecule has 0 aliphatic heterocycles. The molecule has 4 heteroatoms. The van der Waals surface area contributed by atoms with Gasteiger partial charge in [0.1, 0.15) is 5.75 Å². The van der Waals surface area contributed by atoms with Gasteiger partial charge in [0.2, 0.25) is 0 Å². The van der Waals surface area contributed by atoms with E-state index >= 15 is 0 Å². The highest BCUT2D eigenvalue weighted by Gasteiger charge is 2.29. The number of hydrogen-bond donors (Lipinski definition) is 1. The zero-order valence-corrected chi connectivity index (χ0v) is 8.76. The molecule has 0 aliphatic rings. The number of ether oxygens (including phenoxy) is 1. The molecule has 0 saturated carbocycles. The highest BCUT2D eigenvalue weighted by Crippen LogP contribution is 2.36. The largest absolute Gasteiger partial charge is 0.496 e. The summed E-state index contributed by atoms with van der Waals surface area (Å²) in [7, 11) is 1.35. The molecular formula is C11H14F2O2. The molecule has 0 heterocycles. The predicted octanol–water partition coefficient (Wildman–Crippen LogP) is 2.34. The molecule has 1 rings (SSSR count). The van der Waals surface area contributed by atoms with E-state index in [9.17, 15) is 8.78 Å². The van der Waals surface area contributed by atoms with E-state index in [1.165, 1.54) is 13.2 Å². The maximum Gasteiger partial charge on any atom is 0.274 e. The highest BCUT2D eigenvalue weighted by molar-refractivity contribution is 5.43. The van der Waals surface area contributed by atoms with Crippen LogP contribution >= 0.6 is 0 Å². The summed E-state index contributed by atoms with van der Waals surface area (Å²) >= 11 is 0. The third-order valence-corrected chi connectivity index (χ3v) is 2.15. The van der Waals surface area contributed by atoms with E-state index in [-0.39, 0.29) is 17.9 Å². The number of alkyl halides is 2. The Labute approximate surface area is 87.5 Å². The van der Waals surface area contributed by atoms with Crippen molar-refractivity contribution >= 4 is 0 Å². The number of rotatable bonds is 4. The zero-order chi connectivity index (χ0) is 11.5. The third kappa shape index (κ3) is 2.65. The van der Waals surface area contributed by atoms with Gasteiger partial charge >= 0.3 is 0 Å². The standard InChI is InChI=1S/C11H14F2O2/c1-11(12,13)9-5-3-4-8(6-7-14)10(9)15-2/h3-5,14H,6-7H2,1-2H3. The molecule has 1 N–H and O–H groups in total. The fourth-order valence-corrected chi connectivity index (χ4v) is 1.49. The first-order valence-electron chi connectivity index (χ1n) is 4.65. The zero-order valence-electron chi connectivity index (χ0n) is 8.76. The van der Waals surface area contributed by atoms with Crippen LogP contribution in [0.3, 0.4) is 0 Å². The number of para-hydroxylation sites is 1. The molecule has 0 aliphatic carbocycles. The van der Waals surface area contributed by atoms with E-state index < -0.39 is 5.92 Å². The summed E-state index contributed by atoms with van der Waals surface area (Å²) in [5, 5.41) is 8.79. The van der Waals surface area contributed by atoms with Gasteiger partial charge in [-0.3, -0.25) is 0 Å². The first-order chi connectivity index (χ1) is 7.00. The maximum atomic E-state index is 13.2. The van der Waals surface area contributed by atoms with Gasteiger partial charge in [-0.05, 0) is 18.1 Å². The summed E-state index contributed by atoms with van der Waals surface area (Å²) in [6, 6.07) is 4.55. The first-order valence-corrected chi connectivity index (χ1v) is 4.65. The number of benzene rings is 1. The second-order valence-corrected chi connectivity index (χ2v) is 3.36. The Morgan fingerprint density at radius 2 is 2.07 bits per heavy atom. The molecule has 84 valence electrons. The second-order valence-electron chi connectivity index (χ2n) is 3.36. The van der Waals surface area contributed by atoms with E-state index in [0.29, 0.717) is 12.0 Å². The van der Waals surface area contributed by atoms with E-state index in [1.807, 2.05) is 0 Å². The Kier molecular flexibility index (Phi) is 3.63. The van der Waals surface area contributed by atoms with Gasteiger partial charge in [-0.25, -0.2) is 8.78 Å². The van der Waals surface area contributed by atoms with Crippen molar-refractivity contribution in [3.05, 3.63) is 29.3 Å². The van der Waals surface area contributed by atoms with Crippen LogP contribution in [-0.2, 0) is 12.3 Å². The molecule has 2 nitrogen and oxygen atoms in total. The van der Waals surface area contributed by atoms with Crippen molar-refractivity contribution in [2.45, 2.75) is 19.3 Å². The molecule has 0 saturated heterocycles. The van der Waals surface area contributed by atoms with Gasteiger partial charge in [-0.1, -0.05) is 12.1 Å². The molecule has 15 heavy (non-hydrogen) atoms. The average molecular weight is 216 g/mol. The lowest BCUT2D eigenvalue weighted by molar-refractivity contribution is 0.0149. The van der Waals surface area contributed by atoms with Gasteiger partial charge in [0, 0.05) is 13.5 Å². The van der Waals surface area contributed by atoms with Gasteiger partial charge in [0.05, 0.1) is 12.7 Å². The van der Waals surface area contributed by atoms with Crippen LogP contribution in [-0.4, -0.2) is 18.8 Å². The predicted molar refractivity (Wildman–Crippen MR) is 53.4 cm³/mol. The molecule has 0 aromatic heterocycles. The van der Waals surface area contributed by atoms with Gasteiger partial charge in [-0.15, -0.1) is 0 Å². The summed E-state index contributed by atoms with van der Waals surface area (Å²) in [5.74, 6) is -2.77. The van der Waals surface area contributed by atoms with Gasteiger partial charge in [0.25, 0.3) is 5.92 Å². The SMILES string of the molecule is COc1c(CCO)cccc1C(C)(F)F. The number of aliphatic hydroxyl groups excluding tert-OH is 1. The minimum absolute atomic E-state index is 0.0882. The first kappa shape index (κ1) is 11.9. The lowest BCUT2D eigenvalue weighted by Crippen LogP contribution is -2.11. The molecule has 0 fully saturated rings. The lowest BCUT2D eigenvalue weighted by atomic mass is 10.0. The molecular weight excluding hydrogens is 202 g/mol. The number of aliphatic hydroxyl groups is 1. The fraction of sp³-hybridized carbons (Fsp3) is 0.455. The fourth-order valence-electron chi connectivity index (χ4n) is 1.49. The molecule has 1 aromatic rings. The van der Waals surface area contributed by atoms with E-state index in [1.54, 1.807) is 12.1 Å². The van der Waals surface area contributed by atoms with Crippen molar-refractivity contribution in [1.82, 2.24) is 0 Å². The Morgan fingerprint density at radius 1 is 1.40 bits per heavy atom. The number of halogens is 2. The van der Waals surface area contributed by atoms with Crippen LogP contribution in [0.4, 0.5) is 8.78 Å². The van der Waals surface area contributed by atoms with Crippen molar-refractivity contribution in [2.75, 3.05) is 13.7 Å². The van der Waals surface area contributed by atoms with Gasteiger partial charge in [-0.2, -0.15) is 0 Å². The Hall–Kier alpha value is -1.16. The quantitative estimate of drug-likeness (QED) is 0.837. The van der Waals surface area contributed by atoms with Crippen molar-refractivity contribution in [3.63, 3.8) is 0 Å².